The molecule has 1 atom stereocenters. The largest absolute Gasteiger partial charge is 0.348 e. The fraction of sp³-hybridized carbons (Fsp3) is 0.269. The molecule has 0 aliphatic carbocycles. The van der Waals surface area contributed by atoms with Crippen LogP contribution in [-0.4, -0.2) is 25.2 Å². The molecule has 1 N–H and O–H groups in total. The van der Waals surface area contributed by atoms with Gasteiger partial charge in [0.15, 0.2) is 0 Å². The van der Waals surface area contributed by atoms with Crippen molar-refractivity contribution in [3.63, 3.8) is 0 Å². The summed E-state index contributed by atoms with van der Waals surface area (Å²) in [5, 5.41) is 3.52. The summed E-state index contributed by atoms with van der Waals surface area (Å²) < 4.78 is 28.9. The second-order valence-electron chi connectivity index (χ2n) is 8.44. The number of aryl methyl sites for hydroxylation is 3. The van der Waals surface area contributed by atoms with Gasteiger partial charge in [-0.3, -0.25) is 4.79 Å². The number of rotatable bonds is 8. The molecule has 0 aliphatic rings. The SMILES string of the molecule is Cc1cc(C)c([C@@H](C)NC(=O)CN(Cc2ccc(Cl)cc2)S(=O)(=O)c2ccc(Br)cc2)cc1C. The van der Waals surface area contributed by atoms with E-state index < -0.39 is 10.0 Å². The van der Waals surface area contributed by atoms with E-state index in [2.05, 4.69) is 40.3 Å². The Balaban J connectivity index is 1.85. The van der Waals surface area contributed by atoms with E-state index in [-0.39, 0.29) is 29.9 Å². The van der Waals surface area contributed by atoms with Crippen molar-refractivity contribution in [2.75, 3.05) is 6.54 Å². The number of carbonyl (C=O) groups is 1. The molecule has 0 aliphatic heterocycles. The molecular formula is C26H28BrClN2O3S. The van der Waals surface area contributed by atoms with E-state index in [1.165, 1.54) is 22.0 Å². The zero-order chi connectivity index (χ0) is 25.0. The van der Waals surface area contributed by atoms with E-state index in [1.807, 2.05) is 20.8 Å². The van der Waals surface area contributed by atoms with Crippen molar-refractivity contribution in [3.8, 4) is 0 Å². The molecule has 0 bridgehead atoms. The highest BCUT2D eigenvalue weighted by Crippen LogP contribution is 2.23. The molecule has 0 spiro atoms. The van der Waals surface area contributed by atoms with Crippen molar-refractivity contribution in [3.05, 3.63) is 98.0 Å². The first-order valence-corrected chi connectivity index (χ1v) is 13.5. The zero-order valence-corrected chi connectivity index (χ0v) is 22.8. The summed E-state index contributed by atoms with van der Waals surface area (Å²) in [6.07, 6.45) is 0. The summed E-state index contributed by atoms with van der Waals surface area (Å²) in [5.41, 5.74) is 5.15. The van der Waals surface area contributed by atoms with Gasteiger partial charge in [0.1, 0.15) is 0 Å². The normalized spacial score (nSPS) is 12.6. The fourth-order valence-corrected chi connectivity index (χ4v) is 5.52. The second-order valence-corrected chi connectivity index (χ2v) is 11.7. The Morgan fingerprint density at radius 2 is 1.56 bits per heavy atom. The molecule has 8 heteroatoms. The summed E-state index contributed by atoms with van der Waals surface area (Å²) in [6, 6.07) is 17.2. The highest BCUT2D eigenvalue weighted by atomic mass is 79.9. The van der Waals surface area contributed by atoms with Gasteiger partial charge in [0.25, 0.3) is 0 Å². The maximum absolute atomic E-state index is 13.4. The van der Waals surface area contributed by atoms with Gasteiger partial charge in [0.05, 0.1) is 17.5 Å². The Bertz CT molecular complexity index is 1280. The van der Waals surface area contributed by atoms with Crippen LogP contribution in [0.3, 0.4) is 0 Å². The number of nitrogens with zero attached hydrogens (tertiary/aromatic N) is 1. The van der Waals surface area contributed by atoms with Gasteiger partial charge in [-0.05, 0) is 91.9 Å². The number of benzene rings is 3. The number of amides is 1. The molecule has 180 valence electrons. The van der Waals surface area contributed by atoms with Crippen LogP contribution in [0, 0.1) is 20.8 Å². The van der Waals surface area contributed by atoms with E-state index in [0.29, 0.717) is 5.02 Å². The summed E-state index contributed by atoms with van der Waals surface area (Å²) in [4.78, 5) is 13.2. The lowest BCUT2D eigenvalue weighted by Crippen LogP contribution is -2.41. The third-order valence-electron chi connectivity index (χ3n) is 5.77. The third-order valence-corrected chi connectivity index (χ3v) is 8.36. The zero-order valence-electron chi connectivity index (χ0n) is 19.6. The number of hydrogen-bond acceptors (Lipinski definition) is 3. The molecule has 0 aromatic heterocycles. The van der Waals surface area contributed by atoms with Crippen LogP contribution >= 0.6 is 27.5 Å². The van der Waals surface area contributed by atoms with Crippen LogP contribution in [0.5, 0.6) is 0 Å². The van der Waals surface area contributed by atoms with Crippen molar-refractivity contribution >= 4 is 43.5 Å². The minimum Gasteiger partial charge on any atom is -0.348 e. The molecule has 0 radical (unpaired) electrons. The predicted molar refractivity (Wildman–Crippen MR) is 140 cm³/mol. The van der Waals surface area contributed by atoms with E-state index in [0.717, 1.165) is 26.7 Å². The number of carbonyl (C=O) groups excluding carboxylic acids is 1. The minimum absolute atomic E-state index is 0.0417. The lowest BCUT2D eigenvalue weighted by atomic mass is 9.96. The molecule has 0 saturated heterocycles. The second kappa shape index (κ2) is 11.0. The van der Waals surface area contributed by atoms with Gasteiger partial charge >= 0.3 is 0 Å². The van der Waals surface area contributed by atoms with Crippen molar-refractivity contribution in [2.45, 2.75) is 45.2 Å². The Kier molecular flexibility index (Phi) is 8.57. The average Bonchev–Trinajstić information content (AvgIpc) is 2.77. The summed E-state index contributed by atoms with van der Waals surface area (Å²) in [5.74, 6) is -0.375. The van der Waals surface area contributed by atoms with Crippen LogP contribution in [0.4, 0.5) is 0 Å². The lowest BCUT2D eigenvalue weighted by molar-refractivity contribution is -0.122. The minimum atomic E-state index is -3.92. The van der Waals surface area contributed by atoms with Gasteiger partial charge < -0.3 is 5.32 Å². The Labute approximate surface area is 215 Å². The summed E-state index contributed by atoms with van der Waals surface area (Å²) in [7, 11) is -3.92. The molecule has 5 nitrogen and oxygen atoms in total. The first kappa shape index (κ1) is 26.4. The molecule has 0 saturated carbocycles. The van der Waals surface area contributed by atoms with Crippen LogP contribution in [0.15, 0.2) is 70.0 Å². The van der Waals surface area contributed by atoms with Gasteiger partial charge in [-0.25, -0.2) is 8.42 Å². The molecule has 0 heterocycles. The van der Waals surface area contributed by atoms with Crippen LogP contribution in [-0.2, 0) is 21.4 Å². The van der Waals surface area contributed by atoms with Gasteiger partial charge in [-0.2, -0.15) is 4.31 Å². The van der Waals surface area contributed by atoms with Crippen molar-refractivity contribution in [2.24, 2.45) is 0 Å². The van der Waals surface area contributed by atoms with Crippen molar-refractivity contribution in [1.82, 2.24) is 9.62 Å². The molecule has 3 aromatic rings. The molecular weight excluding hydrogens is 536 g/mol. The topological polar surface area (TPSA) is 66.5 Å². The van der Waals surface area contributed by atoms with Crippen molar-refractivity contribution in [1.29, 1.82) is 0 Å². The molecule has 0 fully saturated rings. The van der Waals surface area contributed by atoms with Gasteiger partial charge in [-0.1, -0.05) is 51.8 Å². The molecule has 3 rings (SSSR count). The van der Waals surface area contributed by atoms with E-state index >= 15 is 0 Å². The van der Waals surface area contributed by atoms with Crippen LogP contribution < -0.4 is 5.32 Å². The molecule has 3 aromatic carbocycles. The van der Waals surface area contributed by atoms with Crippen LogP contribution in [0.2, 0.25) is 5.02 Å². The predicted octanol–water partition coefficient (Wildman–Crippen LogP) is 6.10. The van der Waals surface area contributed by atoms with Gasteiger partial charge in [0, 0.05) is 16.0 Å². The number of halogens is 2. The Morgan fingerprint density at radius 3 is 2.18 bits per heavy atom. The fourth-order valence-electron chi connectivity index (χ4n) is 3.75. The lowest BCUT2D eigenvalue weighted by Gasteiger charge is -2.24. The van der Waals surface area contributed by atoms with Gasteiger partial charge in [-0.15, -0.1) is 0 Å². The van der Waals surface area contributed by atoms with Crippen molar-refractivity contribution < 1.29 is 13.2 Å². The number of hydrogen-bond donors (Lipinski definition) is 1. The van der Waals surface area contributed by atoms with E-state index in [9.17, 15) is 13.2 Å². The Morgan fingerprint density at radius 1 is 0.971 bits per heavy atom. The monoisotopic (exact) mass is 562 g/mol. The first-order chi connectivity index (χ1) is 16.0. The maximum atomic E-state index is 13.4. The maximum Gasteiger partial charge on any atom is 0.243 e. The van der Waals surface area contributed by atoms with E-state index in [1.54, 1.807) is 36.4 Å². The van der Waals surface area contributed by atoms with E-state index in [4.69, 9.17) is 11.6 Å². The number of nitrogens with one attached hydrogen (secondary N) is 1. The Hall–Kier alpha value is -2.19. The molecule has 1 amide bonds. The highest BCUT2D eigenvalue weighted by molar-refractivity contribution is 9.10. The number of sulfonamides is 1. The smallest absolute Gasteiger partial charge is 0.243 e. The molecule has 0 unspecified atom stereocenters. The average molecular weight is 564 g/mol. The van der Waals surface area contributed by atoms with Gasteiger partial charge in [0.2, 0.25) is 15.9 Å². The summed E-state index contributed by atoms with van der Waals surface area (Å²) in [6.45, 7) is 7.73. The standard InChI is InChI=1S/C26H28BrClN2O3S/c1-17-13-19(3)25(14-18(17)2)20(4)29-26(31)16-30(15-21-5-9-23(28)10-6-21)34(32,33)24-11-7-22(27)8-12-24/h5-14,20H,15-16H2,1-4H3,(H,29,31)/t20-/m1/s1. The molecule has 34 heavy (non-hydrogen) atoms. The van der Waals surface area contributed by atoms with Crippen LogP contribution in [0.1, 0.15) is 40.8 Å². The third kappa shape index (κ3) is 6.48. The first-order valence-electron chi connectivity index (χ1n) is 10.8. The highest BCUT2D eigenvalue weighted by Gasteiger charge is 2.27. The quantitative estimate of drug-likeness (QED) is 0.360. The van der Waals surface area contributed by atoms with Crippen LogP contribution in [0.25, 0.3) is 0 Å². The summed E-state index contributed by atoms with van der Waals surface area (Å²) >= 11 is 9.31.